The van der Waals surface area contributed by atoms with E-state index in [9.17, 15) is 14.4 Å². The first-order valence-corrected chi connectivity index (χ1v) is 8.96. The molecule has 28 heavy (non-hydrogen) atoms. The van der Waals surface area contributed by atoms with Gasteiger partial charge in [0.15, 0.2) is 0 Å². The van der Waals surface area contributed by atoms with Crippen LogP contribution in [0.2, 0.25) is 0 Å². The van der Waals surface area contributed by atoms with Gasteiger partial charge in [-0.3, -0.25) is 19.2 Å². The molecule has 9 heteroatoms. The van der Waals surface area contributed by atoms with Crippen LogP contribution in [0.3, 0.4) is 0 Å². The van der Waals surface area contributed by atoms with E-state index >= 15 is 0 Å². The second-order valence-corrected chi connectivity index (χ2v) is 6.76. The fourth-order valence-electron chi connectivity index (χ4n) is 3.38. The summed E-state index contributed by atoms with van der Waals surface area (Å²) in [5.74, 6) is -0.740. The van der Waals surface area contributed by atoms with Crippen LogP contribution in [-0.2, 0) is 23.1 Å². The molecule has 3 aromatic rings. The lowest BCUT2D eigenvalue weighted by Crippen LogP contribution is -2.34. The van der Waals surface area contributed by atoms with Gasteiger partial charge in [-0.05, 0) is 18.1 Å². The highest BCUT2D eigenvalue weighted by atomic mass is 16.2. The number of aryl methyl sites for hydroxylation is 1. The lowest BCUT2D eigenvalue weighted by Gasteiger charge is -2.12. The van der Waals surface area contributed by atoms with Gasteiger partial charge in [-0.1, -0.05) is 18.2 Å². The first-order valence-electron chi connectivity index (χ1n) is 8.96. The maximum atomic E-state index is 12.6. The minimum Gasteiger partial charge on any atom is -0.361 e. The SMILES string of the molecule is Cn1cc(NC(=O)C[C@H]2NC(=O)N(CCc3c[nH]c4ccccc34)C2=O)cn1. The van der Waals surface area contributed by atoms with Crippen molar-refractivity contribution in [1.82, 2.24) is 25.0 Å². The minimum atomic E-state index is -0.854. The predicted octanol–water partition coefficient (Wildman–Crippen LogP) is 1.39. The lowest BCUT2D eigenvalue weighted by molar-refractivity contribution is -0.129. The highest BCUT2D eigenvalue weighted by Gasteiger charge is 2.38. The van der Waals surface area contributed by atoms with Gasteiger partial charge in [0.05, 0.1) is 18.3 Å². The Labute approximate surface area is 160 Å². The zero-order valence-corrected chi connectivity index (χ0v) is 15.3. The average Bonchev–Trinajstić information content (AvgIpc) is 3.33. The zero-order valence-electron chi connectivity index (χ0n) is 15.3. The van der Waals surface area contributed by atoms with Crippen LogP contribution in [-0.4, -0.2) is 50.1 Å². The normalized spacial score (nSPS) is 16.6. The number of aromatic amines is 1. The number of anilines is 1. The Morgan fingerprint density at radius 1 is 1.29 bits per heavy atom. The van der Waals surface area contributed by atoms with E-state index in [1.165, 1.54) is 11.1 Å². The summed E-state index contributed by atoms with van der Waals surface area (Å²) in [5.41, 5.74) is 2.59. The van der Waals surface area contributed by atoms with Crippen molar-refractivity contribution in [3.63, 3.8) is 0 Å². The lowest BCUT2D eigenvalue weighted by atomic mass is 10.1. The number of benzene rings is 1. The summed E-state index contributed by atoms with van der Waals surface area (Å²) in [6.07, 6.45) is 5.48. The standard InChI is InChI=1S/C19H20N6O3/c1-24-11-13(10-21-24)22-17(26)8-16-18(27)25(19(28)23-16)7-6-12-9-20-15-5-3-2-4-14(12)15/h2-5,9-11,16,20H,6-8H2,1H3,(H,22,26)(H,23,28)/t16-/m1/s1. The van der Waals surface area contributed by atoms with Crippen LogP contribution in [0.4, 0.5) is 10.5 Å². The average molecular weight is 380 g/mol. The molecule has 1 fully saturated rings. The second-order valence-electron chi connectivity index (χ2n) is 6.76. The molecule has 1 saturated heterocycles. The fraction of sp³-hybridized carbons (Fsp3) is 0.263. The number of nitrogens with zero attached hydrogens (tertiary/aromatic N) is 3. The van der Waals surface area contributed by atoms with Gasteiger partial charge >= 0.3 is 6.03 Å². The van der Waals surface area contributed by atoms with Gasteiger partial charge in [-0.25, -0.2) is 4.79 Å². The van der Waals surface area contributed by atoms with Gasteiger partial charge in [-0.15, -0.1) is 0 Å². The number of amides is 4. The van der Waals surface area contributed by atoms with E-state index in [4.69, 9.17) is 0 Å². The van der Waals surface area contributed by atoms with Crippen molar-refractivity contribution in [1.29, 1.82) is 0 Å². The van der Waals surface area contributed by atoms with Crippen LogP contribution in [0.5, 0.6) is 0 Å². The Balaban J connectivity index is 1.36. The molecule has 0 aliphatic carbocycles. The van der Waals surface area contributed by atoms with E-state index in [0.717, 1.165) is 16.5 Å². The number of H-pyrrole nitrogens is 1. The van der Waals surface area contributed by atoms with Gasteiger partial charge < -0.3 is 15.6 Å². The van der Waals surface area contributed by atoms with Crippen molar-refractivity contribution in [3.8, 4) is 0 Å². The van der Waals surface area contributed by atoms with Crippen molar-refractivity contribution in [2.75, 3.05) is 11.9 Å². The van der Waals surface area contributed by atoms with Gasteiger partial charge in [-0.2, -0.15) is 5.10 Å². The molecule has 0 spiro atoms. The van der Waals surface area contributed by atoms with Crippen LogP contribution in [0.1, 0.15) is 12.0 Å². The molecule has 1 aliphatic heterocycles. The quantitative estimate of drug-likeness (QED) is 0.561. The fourth-order valence-corrected chi connectivity index (χ4v) is 3.38. The number of urea groups is 1. The topological polar surface area (TPSA) is 112 Å². The Bertz CT molecular complexity index is 1050. The summed E-state index contributed by atoms with van der Waals surface area (Å²) < 4.78 is 1.56. The van der Waals surface area contributed by atoms with E-state index in [0.29, 0.717) is 12.1 Å². The van der Waals surface area contributed by atoms with Crippen LogP contribution < -0.4 is 10.6 Å². The number of carbonyl (C=O) groups is 3. The Hall–Kier alpha value is -3.62. The summed E-state index contributed by atoms with van der Waals surface area (Å²) >= 11 is 0. The Kier molecular flexibility index (Phi) is 4.56. The molecule has 4 amide bonds. The number of nitrogens with one attached hydrogen (secondary N) is 3. The van der Waals surface area contributed by atoms with E-state index < -0.39 is 12.1 Å². The third kappa shape index (κ3) is 3.46. The summed E-state index contributed by atoms with van der Waals surface area (Å²) in [4.78, 5) is 41.3. The van der Waals surface area contributed by atoms with E-state index in [1.807, 2.05) is 30.5 Å². The summed E-state index contributed by atoms with van der Waals surface area (Å²) in [7, 11) is 1.74. The van der Waals surface area contributed by atoms with E-state index in [-0.39, 0.29) is 24.8 Å². The maximum absolute atomic E-state index is 12.6. The molecule has 0 bridgehead atoms. The van der Waals surface area contributed by atoms with Crippen LogP contribution in [0.15, 0.2) is 42.9 Å². The molecule has 144 valence electrons. The van der Waals surface area contributed by atoms with Crippen molar-refractivity contribution >= 4 is 34.4 Å². The van der Waals surface area contributed by atoms with Crippen molar-refractivity contribution in [2.24, 2.45) is 7.05 Å². The Morgan fingerprint density at radius 3 is 2.89 bits per heavy atom. The predicted molar refractivity (Wildman–Crippen MR) is 102 cm³/mol. The third-order valence-corrected chi connectivity index (χ3v) is 4.76. The van der Waals surface area contributed by atoms with Gasteiger partial charge in [0.1, 0.15) is 6.04 Å². The highest BCUT2D eigenvalue weighted by Crippen LogP contribution is 2.19. The van der Waals surface area contributed by atoms with E-state index in [2.05, 4.69) is 20.7 Å². The third-order valence-electron chi connectivity index (χ3n) is 4.76. The second kappa shape index (κ2) is 7.18. The number of fused-ring (bicyclic) bond motifs is 1. The minimum absolute atomic E-state index is 0.122. The summed E-state index contributed by atoms with van der Waals surface area (Å²) in [5, 5.41) is 10.3. The van der Waals surface area contributed by atoms with Crippen molar-refractivity contribution in [3.05, 3.63) is 48.4 Å². The molecule has 3 N–H and O–H groups in total. The number of hydrogen-bond acceptors (Lipinski definition) is 4. The molecular weight excluding hydrogens is 360 g/mol. The first-order chi connectivity index (χ1) is 13.5. The van der Waals surface area contributed by atoms with Crippen LogP contribution >= 0.6 is 0 Å². The molecule has 4 rings (SSSR count). The van der Waals surface area contributed by atoms with Gasteiger partial charge in [0, 0.05) is 36.9 Å². The molecule has 0 radical (unpaired) electrons. The van der Waals surface area contributed by atoms with Crippen LogP contribution in [0.25, 0.3) is 10.9 Å². The van der Waals surface area contributed by atoms with Crippen LogP contribution in [0, 0.1) is 0 Å². The molecule has 9 nitrogen and oxygen atoms in total. The van der Waals surface area contributed by atoms with Gasteiger partial charge in [0.2, 0.25) is 5.91 Å². The largest absolute Gasteiger partial charge is 0.361 e. The number of carbonyl (C=O) groups excluding carboxylic acids is 3. The smallest absolute Gasteiger partial charge is 0.324 e. The number of aromatic nitrogens is 3. The molecule has 2 aromatic heterocycles. The molecule has 0 unspecified atom stereocenters. The van der Waals surface area contributed by atoms with E-state index in [1.54, 1.807) is 17.9 Å². The molecule has 0 saturated carbocycles. The Morgan fingerprint density at radius 2 is 2.11 bits per heavy atom. The maximum Gasteiger partial charge on any atom is 0.324 e. The van der Waals surface area contributed by atoms with Crippen molar-refractivity contribution in [2.45, 2.75) is 18.9 Å². The molecule has 1 aromatic carbocycles. The number of rotatable bonds is 6. The molecule has 1 aliphatic rings. The highest BCUT2D eigenvalue weighted by molar-refractivity contribution is 6.06. The summed E-state index contributed by atoms with van der Waals surface area (Å²) in [6, 6.07) is 6.55. The molecular formula is C19H20N6O3. The van der Waals surface area contributed by atoms with Crippen molar-refractivity contribution < 1.29 is 14.4 Å². The summed E-state index contributed by atoms with van der Waals surface area (Å²) in [6.45, 7) is 0.257. The zero-order chi connectivity index (χ0) is 19.7. The molecule has 1 atom stereocenters. The number of hydrogen-bond donors (Lipinski definition) is 3. The van der Waals surface area contributed by atoms with Gasteiger partial charge in [0.25, 0.3) is 5.91 Å². The number of imide groups is 1. The number of para-hydroxylation sites is 1. The molecule has 3 heterocycles. The monoisotopic (exact) mass is 380 g/mol. The first kappa shape index (κ1) is 17.8.